The fraction of sp³-hybridized carbons (Fsp3) is 0.333. The second kappa shape index (κ2) is 9.58. The molecule has 4 aromatic rings. The van der Waals surface area contributed by atoms with Crippen molar-refractivity contribution in [3.63, 3.8) is 0 Å². The molecule has 6 nitrogen and oxygen atoms in total. The van der Waals surface area contributed by atoms with Crippen LogP contribution in [0.5, 0.6) is 5.75 Å². The molecule has 0 spiro atoms. The van der Waals surface area contributed by atoms with Crippen LogP contribution in [0.15, 0.2) is 70.4 Å². The Morgan fingerprint density at radius 3 is 2.71 bits per heavy atom. The Bertz CT molecular complexity index is 1110. The number of hydrogen-bond donors (Lipinski definition) is 0. The molecule has 2 aromatic carbocycles. The SMILES string of the molecule is c1coc(Cn2c(COc3cccc4ccccc34)nnc2SCCN2CCCC2)c1. The number of fused-ring (bicyclic) bond motifs is 1. The van der Waals surface area contributed by atoms with Gasteiger partial charge in [-0.15, -0.1) is 10.2 Å². The van der Waals surface area contributed by atoms with Crippen LogP contribution in [-0.2, 0) is 13.2 Å². The number of benzene rings is 2. The molecular formula is C24H26N4O2S. The summed E-state index contributed by atoms with van der Waals surface area (Å²) in [6.07, 6.45) is 4.33. The normalized spacial score (nSPS) is 14.5. The van der Waals surface area contributed by atoms with Gasteiger partial charge >= 0.3 is 0 Å². The van der Waals surface area contributed by atoms with Crippen LogP contribution in [-0.4, -0.2) is 45.1 Å². The van der Waals surface area contributed by atoms with Crippen LogP contribution in [0, 0.1) is 0 Å². The molecule has 1 fully saturated rings. The average Bonchev–Trinajstić information content (AvgIpc) is 3.57. The Balaban J connectivity index is 1.32. The fourth-order valence-electron chi connectivity index (χ4n) is 3.99. The van der Waals surface area contributed by atoms with E-state index in [1.807, 2.05) is 36.4 Å². The minimum atomic E-state index is 0.356. The summed E-state index contributed by atoms with van der Waals surface area (Å²) >= 11 is 1.75. The highest BCUT2D eigenvalue weighted by atomic mass is 32.2. The number of furan rings is 1. The smallest absolute Gasteiger partial charge is 0.191 e. The summed E-state index contributed by atoms with van der Waals surface area (Å²) in [6.45, 7) is 4.46. The lowest BCUT2D eigenvalue weighted by Gasteiger charge is -2.14. The molecule has 0 saturated carbocycles. The zero-order valence-corrected chi connectivity index (χ0v) is 18.3. The molecule has 7 heteroatoms. The lowest BCUT2D eigenvalue weighted by Crippen LogP contribution is -2.22. The summed E-state index contributed by atoms with van der Waals surface area (Å²) in [5, 5.41) is 12.1. The largest absolute Gasteiger partial charge is 0.485 e. The maximum absolute atomic E-state index is 6.19. The lowest BCUT2D eigenvalue weighted by atomic mass is 10.1. The number of aromatic nitrogens is 3. The van der Waals surface area contributed by atoms with E-state index in [0.717, 1.165) is 45.6 Å². The Morgan fingerprint density at radius 2 is 1.84 bits per heavy atom. The number of rotatable bonds is 9. The molecule has 1 aliphatic heterocycles. The van der Waals surface area contributed by atoms with Gasteiger partial charge in [0.25, 0.3) is 0 Å². The number of nitrogens with zero attached hydrogens (tertiary/aromatic N) is 4. The monoisotopic (exact) mass is 434 g/mol. The molecule has 1 saturated heterocycles. The molecule has 2 aromatic heterocycles. The number of likely N-dealkylation sites (tertiary alicyclic amines) is 1. The second-order valence-electron chi connectivity index (χ2n) is 7.73. The average molecular weight is 435 g/mol. The molecule has 3 heterocycles. The van der Waals surface area contributed by atoms with Gasteiger partial charge in [-0.25, -0.2) is 0 Å². The zero-order chi connectivity index (χ0) is 20.9. The second-order valence-corrected chi connectivity index (χ2v) is 8.79. The highest BCUT2D eigenvalue weighted by molar-refractivity contribution is 7.99. The van der Waals surface area contributed by atoms with Crippen LogP contribution < -0.4 is 4.74 Å². The molecule has 0 bridgehead atoms. The van der Waals surface area contributed by atoms with Crippen LogP contribution in [0.1, 0.15) is 24.4 Å². The first kappa shape index (κ1) is 20.2. The first-order valence-corrected chi connectivity index (χ1v) is 11.8. The van der Waals surface area contributed by atoms with E-state index in [4.69, 9.17) is 9.15 Å². The Kier molecular flexibility index (Phi) is 6.22. The van der Waals surface area contributed by atoms with Crippen molar-refractivity contribution in [3.05, 3.63) is 72.4 Å². The first-order valence-electron chi connectivity index (χ1n) is 10.8. The molecule has 1 aliphatic rings. The Labute approximate surface area is 186 Å². The van der Waals surface area contributed by atoms with Crippen LogP contribution in [0.2, 0.25) is 0 Å². The van der Waals surface area contributed by atoms with E-state index in [2.05, 4.69) is 37.9 Å². The van der Waals surface area contributed by atoms with Crippen LogP contribution in [0.25, 0.3) is 10.8 Å². The predicted molar refractivity (Wildman–Crippen MR) is 123 cm³/mol. The summed E-state index contributed by atoms with van der Waals surface area (Å²) in [6, 6.07) is 18.2. The molecule has 0 N–H and O–H groups in total. The number of thioether (sulfide) groups is 1. The number of hydrogen-bond acceptors (Lipinski definition) is 6. The summed E-state index contributed by atoms with van der Waals surface area (Å²) in [5.41, 5.74) is 0. The zero-order valence-electron chi connectivity index (χ0n) is 17.4. The van der Waals surface area contributed by atoms with E-state index in [-0.39, 0.29) is 0 Å². The molecule has 0 amide bonds. The van der Waals surface area contributed by atoms with Crippen molar-refractivity contribution in [2.75, 3.05) is 25.4 Å². The van der Waals surface area contributed by atoms with Crippen LogP contribution in [0.4, 0.5) is 0 Å². The predicted octanol–water partition coefficient (Wildman–Crippen LogP) is 4.84. The summed E-state index contributed by atoms with van der Waals surface area (Å²) in [5.74, 6) is 3.54. The van der Waals surface area contributed by atoms with E-state index in [9.17, 15) is 0 Å². The Morgan fingerprint density at radius 1 is 0.968 bits per heavy atom. The van der Waals surface area contributed by atoms with Crippen LogP contribution in [0.3, 0.4) is 0 Å². The Hall–Kier alpha value is -2.77. The van der Waals surface area contributed by atoms with E-state index < -0.39 is 0 Å². The van der Waals surface area contributed by atoms with Gasteiger partial charge in [0.15, 0.2) is 11.0 Å². The highest BCUT2D eigenvalue weighted by Crippen LogP contribution is 2.27. The summed E-state index contributed by atoms with van der Waals surface area (Å²) in [4.78, 5) is 2.52. The van der Waals surface area contributed by atoms with Gasteiger partial charge in [0.2, 0.25) is 0 Å². The van der Waals surface area contributed by atoms with E-state index >= 15 is 0 Å². The molecule has 0 unspecified atom stereocenters. The number of ether oxygens (including phenoxy) is 1. The van der Waals surface area contributed by atoms with Gasteiger partial charge in [-0.2, -0.15) is 0 Å². The van der Waals surface area contributed by atoms with Crippen molar-refractivity contribution in [2.24, 2.45) is 0 Å². The summed E-state index contributed by atoms with van der Waals surface area (Å²) in [7, 11) is 0. The van der Waals surface area contributed by atoms with Gasteiger partial charge in [0.05, 0.1) is 12.8 Å². The topological polar surface area (TPSA) is 56.3 Å². The molecular weight excluding hydrogens is 408 g/mol. The maximum atomic E-state index is 6.19. The quantitative estimate of drug-likeness (QED) is 0.351. The first-order chi connectivity index (χ1) is 15.4. The molecule has 31 heavy (non-hydrogen) atoms. The third kappa shape index (κ3) is 4.78. The van der Waals surface area contributed by atoms with Gasteiger partial charge in [-0.3, -0.25) is 4.57 Å². The van der Waals surface area contributed by atoms with Crippen molar-refractivity contribution in [2.45, 2.75) is 31.1 Å². The van der Waals surface area contributed by atoms with Crippen molar-refractivity contribution >= 4 is 22.5 Å². The molecule has 0 radical (unpaired) electrons. The standard InChI is InChI=1S/C24H26N4O2S/c1-2-10-21-19(7-1)8-5-11-22(21)30-18-23-25-26-24(28(23)17-20-9-6-15-29-20)31-16-14-27-12-3-4-13-27/h1-2,5-11,15H,3-4,12-14,16-18H2. The third-order valence-electron chi connectivity index (χ3n) is 5.63. The van der Waals surface area contributed by atoms with Crippen molar-refractivity contribution in [1.29, 1.82) is 0 Å². The van der Waals surface area contributed by atoms with E-state index in [0.29, 0.717) is 13.2 Å². The fourth-order valence-corrected chi connectivity index (χ4v) is 4.94. The van der Waals surface area contributed by atoms with Gasteiger partial charge in [-0.05, 0) is 49.5 Å². The minimum Gasteiger partial charge on any atom is -0.485 e. The third-order valence-corrected chi connectivity index (χ3v) is 6.58. The molecule has 160 valence electrons. The maximum Gasteiger partial charge on any atom is 0.191 e. The van der Waals surface area contributed by atoms with Crippen molar-refractivity contribution in [3.8, 4) is 5.75 Å². The molecule has 5 rings (SSSR count). The van der Waals surface area contributed by atoms with Gasteiger partial charge in [-0.1, -0.05) is 48.2 Å². The van der Waals surface area contributed by atoms with Gasteiger partial charge in [0.1, 0.15) is 18.1 Å². The molecule has 0 aliphatic carbocycles. The van der Waals surface area contributed by atoms with E-state index in [1.54, 1.807) is 18.0 Å². The minimum absolute atomic E-state index is 0.356. The highest BCUT2D eigenvalue weighted by Gasteiger charge is 2.17. The van der Waals surface area contributed by atoms with E-state index in [1.165, 1.54) is 25.9 Å². The van der Waals surface area contributed by atoms with Crippen LogP contribution >= 0.6 is 11.8 Å². The van der Waals surface area contributed by atoms with Gasteiger partial charge < -0.3 is 14.1 Å². The molecule has 0 atom stereocenters. The van der Waals surface area contributed by atoms with Crippen molar-refractivity contribution in [1.82, 2.24) is 19.7 Å². The lowest BCUT2D eigenvalue weighted by molar-refractivity contribution is 0.291. The van der Waals surface area contributed by atoms with Gasteiger partial charge in [0, 0.05) is 17.7 Å². The summed E-state index contributed by atoms with van der Waals surface area (Å²) < 4.78 is 13.9. The van der Waals surface area contributed by atoms with Crippen molar-refractivity contribution < 1.29 is 9.15 Å².